The topological polar surface area (TPSA) is 113 Å². The van der Waals surface area contributed by atoms with Crippen molar-refractivity contribution in [1.82, 2.24) is 19.9 Å². The van der Waals surface area contributed by atoms with E-state index in [-0.39, 0.29) is 45.1 Å². The van der Waals surface area contributed by atoms with Gasteiger partial charge in [-0.1, -0.05) is 50.0 Å². The first kappa shape index (κ1) is 34.2. The van der Waals surface area contributed by atoms with Crippen LogP contribution in [0.2, 0.25) is 10.0 Å². The first-order valence-corrected chi connectivity index (χ1v) is 14.1. The number of imidazole rings is 1. The van der Waals surface area contributed by atoms with Gasteiger partial charge in [0.1, 0.15) is 24.3 Å². The molecular weight excluding hydrogens is 646 g/mol. The molecule has 242 valence electrons. The van der Waals surface area contributed by atoms with Gasteiger partial charge in [0.15, 0.2) is 0 Å². The van der Waals surface area contributed by atoms with E-state index in [2.05, 4.69) is 25.9 Å². The summed E-state index contributed by atoms with van der Waals surface area (Å²) in [6.07, 6.45) is -7.52. The summed E-state index contributed by atoms with van der Waals surface area (Å²) < 4.78 is 71.5. The maximum atomic E-state index is 13.1. The number of aliphatic hydroxyl groups is 1. The van der Waals surface area contributed by atoms with Crippen molar-refractivity contribution in [2.24, 2.45) is 12.5 Å². The van der Waals surface area contributed by atoms with Gasteiger partial charge < -0.3 is 25.0 Å². The smallest absolute Gasteiger partial charge is 0.433 e. The molecule has 0 fully saturated rings. The number of alkyl halides is 5. The van der Waals surface area contributed by atoms with Gasteiger partial charge in [0, 0.05) is 25.1 Å². The Morgan fingerprint density at radius 3 is 2.42 bits per heavy atom. The number of aliphatic hydroxyl groups excluding tert-OH is 1. The number of nitrogens with one attached hydrogen (secondary N) is 3. The van der Waals surface area contributed by atoms with Gasteiger partial charge in [0.05, 0.1) is 44.2 Å². The summed E-state index contributed by atoms with van der Waals surface area (Å²) in [5.41, 5.74) is -0.269. The lowest BCUT2D eigenvalue weighted by Gasteiger charge is -2.27. The van der Waals surface area contributed by atoms with Crippen LogP contribution in [0, 0.1) is 5.41 Å². The number of aromatic nitrogens is 3. The number of amides is 1. The van der Waals surface area contributed by atoms with E-state index < -0.39 is 42.5 Å². The van der Waals surface area contributed by atoms with Crippen LogP contribution in [0.15, 0.2) is 42.6 Å². The Morgan fingerprint density at radius 2 is 1.82 bits per heavy atom. The van der Waals surface area contributed by atoms with Crippen LogP contribution in [-0.2, 0) is 19.8 Å². The lowest BCUT2D eigenvalue weighted by atomic mass is 9.94. The van der Waals surface area contributed by atoms with Crippen molar-refractivity contribution in [1.29, 1.82) is 0 Å². The van der Waals surface area contributed by atoms with Gasteiger partial charge in [0.25, 0.3) is 12.3 Å². The highest BCUT2D eigenvalue weighted by Gasteiger charge is 2.32. The molecule has 2 heterocycles. The largest absolute Gasteiger partial charge is 0.487 e. The van der Waals surface area contributed by atoms with E-state index in [1.54, 1.807) is 23.7 Å². The SMILES string of the molecule is Cn1c(Nc2c(Cl)ccc(CNC(O)C(C)(C)C)c2Cl)nc2cc(C(=O)Nc3ccc(C(F)(F)F)nc3)c(OCC(F)F)cc21. The number of ether oxygens (including phenoxy) is 1. The van der Waals surface area contributed by atoms with E-state index >= 15 is 0 Å². The summed E-state index contributed by atoms with van der Waals surface area (Å²) in [5, 5.41) is 19.4. The molecule has 0 aliphatic rings. The number of rotatable bonds is 10. The molecular formula is C29H29Cl2F5N6O3. The molecule has 4 rings (SSSR count). The Hall–Kier alpha value is -3.72. The highest BCUT2D eigenvalue weighted by atomic mass is 35.5. The third kappa shape index (κ3) is 8.12. The van der Waals surface area contributed by atoms with Crippen molar-refractivity contribution >= 4 is 57.5 Å². The monoisotopic (exact) mass is 674 g/mol. The fraction of sp³-hybridized carbons (Fsp3) is 0.345. The lowest BCUT2D eigenvalue weighted by molar-refractivity contribution is -0.141. The van der Waals surface area contributed by atoms with E-state index in [0.717, 1.165) is 12.3 Å². The molecule has 0 bridgehead atoms. The van der Waals surface area contributed by atoms with E-state index in [1.165, 1.54) is 12.1 Å². The minimum Gasteiger partial charge on any atom is -0.487 e. The Bertz CT molecular complexity index is 1690. The molecule has 0 saturated heterocycles. The number of pyridine rings is 1. The van der Waals surface area contributed by atoms with Crippen molar-refractivity contribution in [2.75, 3.05) is 17.2 Å². The van der Waals surface area contributed by atoms with Crippen LogP contribution in [0.4, 0.5) is 39.3 Å². The lowest BCUT2D eigenvalue weighted by Crippen LogP contribution is -2.39. The van der Waals surface area contributed by atoms with Crippen LogP contribution in [0.25, 0.3) is 11.0 Å². The van der Waals surface area contributed by atoms with E-state index in [0.29, 0.717) is 22.8 Å². The molecule has 4 N–H and O–H groups in total. The second kappa shape index (κ2) is 13.3. The number of aryl methyl sites for hydroxylation is 1. The van der Waals surface area contributed by atoms with Gasteiger partial charge in [0.2, 0.25) is 5.95 Å². The normalized spacial score (nSPS) is 12.9. The maximum absolute atomic E-state index is 13.1. The Morgan fingerprint density at radius 1 is 1.11 bits per heavy atom. The fourth-order valence-corrected chi connectivity index (χ4v) is 4.62. The highest BCUT2D eigenvalue weighted by Crippen LogP contribution is 2.37. The molecule has 9 nitrogen and oxygen atoms in total. The predicted octanol–water partition coefficient (Wildman–Crippen LogP) is 7.39. The van der Waals surface area contributed by atoms with Crippen LogP contribution >= 0.6 is 23.2 Å². The number of hydrogen-bond donors (Lipinski definition) is 4. The minimum atomic E-state index is -4.67. The van der Waals surface area contributed by atoms with Crippen molar-refractivity contribution in [3.8, 4) is 5.75 Å². The summed E-state index contributed by atoms with van der Waals surface area (Å²) in [6, 6.07) is 7.66. The summed E-state index contributed by atoms with van der Waals surface area (Å²) in [5.74, 6) is -0.846. The van der Waals surface area contributed by atoms with Crippen molar-refractivity contribution < 1.29 is 36.6 Å². The average molecular weight is 675 g/mol. The molecule has 2 aromatic heterocycles. The zero-order valence-electron chi connectivity index (χ0n) is 24.4. The Balaban J connectivity index is 1.66. The summed E-state index contributed by atoms with van der Waals surface area (Å²) in [7, 11) is 1.62. The van der Waals surface area contributed by atoms with Gasteiger partial charge in [-0.05, 0) is 29.8 Å². The second-order valence-corrected chi connectivity index (χ2v) is 11.9. The third-order valence-corrected chi connectivity index (χ3v) is 7.36. The van der Waals surface area contributed by atoms with Crippen LogP contribution in [0.5, 0.6) is 5.75 Å². The number of benzene rings is 2. The quantitative estimate of drug-likeness (QED) is 0.102. The molecule has 4 aromatic rings. The van der Waals surface area contributed by atoms with Gasteiger partial charge in [-0.3, -0.25) is 10.1 Å². The predicted molar refractivity (Wildman–Crippen MR) is 161 cm³/mol. The third-order valence-electron chi connectivity index (χ3n) is 6.62. The number of carbonyl (C=O) groups is 1. The molecule has 0 aliphatic carbocycles. The Labute approximate surface area is 264 Å². The molecule has 1 atom stereocenters. The number of nitrogens with zero attached hydrogens (tertiary/aromatic N) is 3. The zero-order chi connectivity index (χ0) is 33.3. The molecule has 2 aromatic carbocycles. The van der Waals surface area contributed by atoms with Crippen molar-refractivity contribution in [3.05, 3.63) is 69.5 Å². The molecule has 16 heteroatoms. The van der Waals surface area contributed by atoms with Gasteiger partial charge >= 0.3 is 6.18 Å². The van der Waals surface area contributed by atoms with Gasteiger partial charge in [-0.2, -0.15) is 13.2 Å². The highest BCUT2D eigenvalue weighted by molar-refractivity contribution is 6.39. The van der Waals surface area contributed by atoms with E-state index in [1.807, 2.05) is 20.8 Å². The van der Waals surface area contributed by atoms with Crippen LogP contribution < -0.4 is 20.7 Å². The van der Waals surface area contributed by atoms with Crippen LogP contribution in [0.1, 0.15) is 42.4 Å². The molecule has 1 amide bonds. The molecule has 0 aliphatic heterocycles. The van der Waals surface area contributed by atoms with E-state index in [9.17, 15) is 31.9 Å². The van der Waals surface area contributed by atoms with E-state index in [4.69, 9.17) is 27.9 Å². The first-order valence-electron chi connectivity index (χ1n) is 13.4. The van der Waals surface area contributed by atoms with Gasteiger partial charge in [-0.25, -0.2) is 18.7 Å². The summed E-state index contributed by atoms with van der Waals surface area (Å²) in [6.45, 7) is 4.82. The molecule has 0 radical (unpaired) electrons. The maximum Gasteiger partial charge on any atom is 0.433 e. The molecule has 0 saturated carbocycles. The number of carbonyl (C=O) groups excluding carboxylic acids is 1. The summed E-state index contributed by atoms with van der Waals surface area (Å²) in [4.78, 5) is 21.0. The number of hydrogen-bond acceptors (Lipinski definition) is 7. The Kier molecular flexibility index (Phi) is 10.1. The standard InChI is InChI=1S/C29H29Cl2F5N6O3/c1-28(2,3)26(44)38-11-14-5-7-17(30)24(23(14)31)41-27-40-18-9-16(20(45-13-22(32)33)10-19(18)42(27)4)25(43)39-15-6-8-21(37-12-15)29(34,35)36/h5-10,12,22,26,38,44H,11,13H2,1-4H3,(H,39,43)(H,40,41). The minimum absolute atomic E-state index is 0.0649. The molecule has 0 spiro atoms. The van der Waals surface area contributed by atoms with Gasteiger partial charge in [-0.15, -0.1) is 0 Å². The average Bonchev–Trinajstić information content (AvgIpc) is 3.26. The van der Waals surface area contributed by atoms with Crippen molar-refractivity contribution in [3.63, 3.8) is 0 Å². The second-order valence-electron chi connectivity index (χ2n) is 11.1. The fourth-order valence-electron chi connectivity index (χ4n) is 4.09. The van der Waals surface area contributed by atoms with Crippen molar-refractivity contribution in [2.45, 2.75) is 46.1 Å². The van der Waals surface area contributed by atoms with Crippen LogP contribution in [-0.4, -0.2) is 44.8 Å². The number of anilines is 3. The number of fused-ring (bicyclic) bond motifs is 1. The number of halogens is 7. The first-order chi connectivity index (χ1) is 21.0. The zero-order valence-corrected chi connectivity index (χ0v) is 25.9. The molecule has 1 unspecified atom stereocenters. The van der Waals surface area contributed by atoms with Crippen LogP contribution in [0.3, 0.4) is 0 Å². The summed E-state index contributed by atoms with van der Waals surface area (Å²) >= 11 is 13.1. The molecule has 45 heavy (non-hydrogen) atoms.